The molecule has 0 aromatic heterocycles. The van der Waals surface area contributed by atoms with Crippen LogP contribution in [0.4, 0.5) is 4.39 Å². The maximum absolute atomic E-state index is 16.4. The van der Waals surface area contributed by atoms with Gasteiger partial charge in [-0.15, -0.1) is 0 Å². The number of rotatable bonds is 14. The Hall–Kier alpha value is -1.91. The van der Waals surface area contributed by atoms with E-state index in [1.807, 2.05) is 18.0 Å². The lowest BCUT2D eigenvalue weighted by molar-refractivity contribution is -0.130. The van der Waals surface area contributed by atoms with Crippen LogP contribution >= 0.6 is 0 Å². The maximum atomic E-state index is 16.4. The van der Waals surface area contributed by atoms with Crippen molar-refractivity contribution in [3.8, 4) is 5.75 Å². The Balaban J connectivity index is 1.11. The smallest absolute Gasteiger partial charge is 0.222 e. The second kappa shape index (κ2) is 12.8. The number of phenols is 1. The van der Waals surface area contributed by atoms with Gasteiger partial charge >= 0.3 is 0 Å². The molecule has 1 amide bonds. The fourth-order valence-corrected chi connectivity index (χ4v) is 9.47. The molecule has 3 fully saturated rings. The first kappa shape index (κ1) is 30.5. The fourth-order valence-electron chi connectivity index (χ4n) is 9.47. The Bertz CT molecular complexity index is 1080. The highest BCUT2D eigenvalue weighted by Crippen LogP contribution is 2.75. The summed E-state index contributed by atoms with van der Waals surface area (Å²) in [6.07, 6.45) is 16.5. The molecule has 6 atom stereocenters. The van der Waals surface area contributed by atoms with Crippen molar-refractivity contribution in [1.82, 2.24) is 4.90 Å². The van der Waals surface area contributed by atoms with Crippen molar-refractivity contribution in [3.05, 3.63) is 29.3 Å². The normalized spacial score (nSPS) is 31.0. The third kappa shape index (κ3) is 5.85. The minimum Gasteiger partial charge on any atom is -0.508 e. The summed E-state index contributed by atoms with van der Waals surface area (Å²) in [4.78, 5) is 27.3. The fraction of sp³-hybridized carbons (Fsp3) is 0.778. The highest BCUT2D eigenvalue weighted by molar-refractivity contribution is 5.91. The molecule has 0 saturated heterocycles. The predicted molar refractivity (Wildman–Crippen MR) is 163 cm³/mol. The third-order valence-electron chi connectivity index (χ3n) is 12.1. The van der Waals surface area contributed by atoms with Gasteiger partial charge in [-0.25, -0.2) is 4.39 Å². The SMILES string of the molecule is CCCCN(C)C(=O)CCCCCCCCCC[C@H]1C2C(CC[C@@]3(C)C2CC(=O)C32CC2)c2ccc(O)cc2[C@@H]1F. The van der Waals surface area contributed by atoms with E-state index in [1.54, 1.807) is 12.1 Å². The van der Waals surface area contributed by atoms with Crippen LogP contribution in [0.15, 0.2) is 18.2 Å². The summed E-state index contributed by atoms with van der Waals surface area (Å²) in [5, 5.41) is 10.2. The molecule has 5 heteroatoms. The van der Waals surface area contributed by atoms with Gasteiger partial charge in [0.05, 0.1) is 0 Å². The molecule has 1 aromatic rings. The first-order valence-electron chi connectivity index (χ1n) is 17.0. The van der Waals surface area contributed by atoms with Crippen LogP contribution in [0.3, 0.4) is 0 Å². The summed E-state index contributed by atoms with van der Waals surface area (Å²) in [5.41, 5.74) is 1.73. The van der Waals surface area contributed by atoms with Crippen molar-refractivity contribution < 1.29 is 19.1 Å². The first-order chi connectivity index (χ1) is 19.7. The zero-order valence-electron chi connectivity index (χ0n) is 25.9. The molecule has 3 saturated carbocycles. The van der Waals surface area contributed by atoms with Crippen LogP contribution in [-0.2, 0) is 9.59 Å². The molecule has 1 spiro atoms. The molecule has 3 unspecified atom stereocenters. The Labute approximate surface area is 247 Å². The predicted octanol–water partition coefficient (Wildman–Crippen LogP) is 9.06. The number of ketones is 1. The van der Waals surface area contributed by atoms with Gasteiger partial charge in [-0.3, -0.25) is 9.59 Å². The van der Waals surface area contributed by atoms with Crippen molar-refractivity contribution in [1.29, 1.82) is 0 Å². The summed E-state index contributed by atoms with van der Waals surface area (Å²) < 4.78 is 16.4. The van der Waals surface area contributed by atoms with E-state index in [4.69, 9.17) is 0 Å². The Morgan fingerprint density at radius 3 is 2.37 bits per heavy atom. The van der Waals surface area contributed by atoms with E-state index in [9.17, 15) is 14.7 Å². The molecular weight excluding hydrogens is 513 g/mol. The van der Waals surface area contributed by atoms with E-state index in [2.05, 4.69) is 13.8 Å². The van der Waals surface area contributed by atoms with Crippen molar-refractivity contribution in [2.45, 2.75) is 135 Å². The van der Waals surface area contributed by atoms with E-state index in [0.29, 0.717) is 36.0 Å². The summed E-state index contributed by atoms with van der Waals surface area (Å²) in [7, 11) is 1.92. The van der Waals surface area contributed by atoms with Gasteiger partial charge in [0.25, 0.3) is 0 Å². The molecule has 0 bridgehead atoms. The van der Waals surface area contributed by atoms with Gasteiger partial charge in [-0.05, 0) is 97.3 Å². The maximum Gasteiger partial charge on any atom is 0.222 e. The van der Waals surface area contributed by atoms with E-state index in [-0.39, 0.29) is 34.3 Å². The number of nitrogens with zero attached hydrogens (tertiary/aromatic N) is 1. The largest absolute Gasteiger partial charge is 0.508 e. The van der Waals surface area contributed by atoms with Gasteiger partial charge in [0.15, 0.2) is 0 Å². The van der Waals surface area contributed by atoms with Gasteiger partial charge in [0.1, 0.15) is 17.7 Å². The number of fused-ring (bicyclic) bond motifs is 6. The van der Waals surface area contributed by atoms with Crippen molar-refractivity contribution in [3.63, 3.8) is 0 Å². The second-order valence-corrected chi connectivity index (χ2v) is 14.4. The Morgan fingerprint density at radius 1 is 1.00 bits per heavy atom. The summed E-state index contributed by atoms with van der Waals surface area (Å²) in [6, 6.07) is 5.37. The molecule has 41 heavy (non-hydrogen) atoms. The molecule has 4 aliphatic carbocycles. The number of aromatic hydroxyl groups is 1. The highest BCUT2D eigenvalue weighted by atomic mass is 19.1. The van der Waals surface area contributed by atoms with Gasteiger partial charge in [-0.1, -0.05) is 71.3 Å². The topological polar surface area (TPSA) is 57.6 Å². The van der Waals surface area contributed by atoms with Crippen molar-refractivity contribution >= 4 is 11.7 Å². The van der Waals surface area contributed by atoms with Crippen molar-refractivity contribution in [2.75, 3.05) is 13.6 Å². The number of carbonyl (C=O) groups is 2. The first-order valence-corrected chi connectivity index (χ1v) is 17.0. The lowest BCUT2D eigenvalue weighted by Crippen LogP contribution is -2.47. The number of unbranched alkanes of at least 4 members (excludes halogenated alkanes) is 8. The molecule has 4 aliphatic rings. The van der Waals surface area contributed by atoms with Crippen molar-refractivity contribution in [2.24, 2.45) is 28.6 Å². The summed E-state index contributed by atoms with van der Waals surface area (Å²) >= 11 is 0. The molecule has 5 rings (SSSR count). The second-order valence-electron chi connectivity index (χ2n) is 14.4. The number of halogens is 1. The average Bonchev–Trinajstić information content (AvgIpc) is 3.75. The standard InChI is InChI=1S/C36H54FNO3/c1-4-5-22-38(3)32(41)15-13-11-9-7-6-8-10-12-14-28-33-27(26-17-16-25(39)23-29(26)34(28)37)18-19-35(2)30(33)24-31(40)36(35)20-21-36/h16-17,23,27-28,30,33-34,39H,4-15,18-22,24H2,1-3H3/t27?,28-,30?,33?,34+,35-/m0/s1. The van der Waals surface area contributed by atoms with Crippen LogP contribution in [0.5, 0.6) is 5.75 Å². The van der Waals surface area contributed by atoms with E-state index in [1.165, 1.54) is 25.7 Å². The summed E-state index contributed by atoms with van der Waals surface area (Å²) in [5.74, 6) is 1.66. The monoisotopic (exact) mass is 567 g/mol. The highest BCUT2D eigenvalue weighted by Gasteiger charge is 2.72. The lowest BCUT2D eigenvalue weighted by atomic mass is 9.50. The molecule has 0 heterocycles. The zero-order valence-corrected chi connectivity index (χ0v) is 25.9. The third-order valence-corrected chi connectivity index (χ3v) is 12.1. The minimum atomic E-state index is -1.06. The van der Waals surface area contributed by atoms with Crippen LogP contribution in [0.25, 0.3) is 0 Å². The van der Waals surface area contributed by atoms with Crippen LogP contribution < -0.4 is 0 Å². The number of amides is 1. The molecule has 0 aliphatic heterocycles. The molecule has 228 valence electrons. The molecular formula is C36H54FNO3. The lowest BCUT2D eigenvalue weighted by Gasteiger charge is -2.54. The number of carbonyl (C=O) groups excluding carboxylic acids is 2. The number of hydrogen-bond acceptors (Lipinski definition) is 3. The van der Waals surface area contributed by atoms with E-state index >= 15 is 4.39 Å². The van der Waals surface area contributed by atoms with Gasteiger partial charge in [0, 0.05) is 31.8 Å². The number of benzene rings is 1. The Kier molecular flexibility index (Phi) is 9.50. The minimum absolute atomic E-state index is 0.0349. The summed E-state index contributed by atoms with van der Waals surface area (Å²) in [6.45, 7) is 5.39. The number of phenolic OH excluding ortho intramolecular Hbond substituents is 1. The molecule has 0 radical (unpaired) electrons. The number of Topliss-reactive ketones (excluding diaryl/α,β-unsaturated/α-hetero) is 1. The van der Waals surface area contributed by atoms with E-state index < -0.39 is 6.17 Å². The zero-order chi connectivity index (χ0) is 29.2. The van der Waals surface area contributed by atoms with Gasteiger partial charge in [0.2, 0.25) is 5.91 Å². The van der Waals surface area contributed by atoms with Crippen LogP contribution in [0.1, 0.15) is 146 Å². The van der Waals surface area contributed by atoms with Crippen LogP contribution in [-0.4, -0.2) is 35.3 Å². The van der Waals surface area contributed by atoms with Gasteiger partial charge < -0.3 is 10.0 Å². The van der Waals surface area contributed by atoms with Crippen LogP contribution in [0, 0.1) is 28.6 Å². The molecule has 1 N–H and O–H groups in total. The molecule has 1 aromatic carbocycles. The Morgan fingerprint density at radius 2 is 1.68 bits per heavy atom. The number of hydrogen-bond donors (Lipinski definition) is 1. The number of alkyl halides is 1. The molecule has 4 nitrogen and oxygen atoms in total. The quantitative estimate of drug-likeness (QED) is 0.228. The average molecular weight is 568 g/mol. The van der Waals surface area contributed by atoms with Gasteiger partial charge in [-0.2, -0.15) is 0 Å². The van der Waals surface area contributed by atoms with Crippen LogP contribution in [0.2, 0.25) is 0 Å². The van der Waals surface area contributed by atoms with E-state index in [0.717, 1.165) is 82.7 Å².